The van der Waals surface area contributed by atoms with Gasteiger partial charge in [0.05, 0.1) is 5.75 Å². The normalized spacial score (nSPS) is 11.3. The third-order valence-corrected chi connectivity index (χ3v) is 3.02. The third kappa shape index (κ3) is 4.20. The van der Waals surface area contributed by atoms with Crippen molar-refractivity contribution in [1.82, 2.24) is 0 Å². The first-order valence-electron chi connectivity index (χ1n) is 4.66. The number of aryl methyl sites for hydroxylation is 1. The summed E-state index contributed by atoms with van der Waals surface area (Å²) >= 11 is 0. The van der Waals surface area contributed by atoms with Crippen LogP contribution in [-0.4, -0.2) is 27.0 Å². The molecule has 0 heterocycles. The Morgan fingerprint density at radius 2 is 2.07 bits per heavy atom. The van der Waals surface area contributed by atoms with E-state index in [0.29, 0.717) is 6.54 Å². The lowest BCUT2D eigenvalue weighted by atomic mass is 10.2. The fourth-order valence-corrected chi connectivity index (χ4v) is 1.64. The second-order valence-corrected chi connectivity index (χ2v) is 5.89. The Hall–Kier alpha value is -1.23. The molecule has 0 saturated carbocycles. The fourth-order valence-electron chi connectivity index (χ4n) is 1.17. The van der Waals surface area contributed by atoms with Crippen molar-refractivity contribution in [2.75, 3.05) is 29.6 Å². The van der Waals surface area contributed by atoms with Crippen LogP contribution in [0.25, 0.3) is 0 Å². The summed E-state index contributed by atoms with van der Waals surface area (Å²) in [5.41, 5.74) is 8.28. The molecule has 1 aromatic rings. The SMILES string of the molecule is Cc1cc(NCCS(C)(=O)=O)ccc1N. The van der Waals surface area contributed by atoms with Crippen molar-refractivity contribution in [2.24, 2.45) is 0 Å². The topological polar surface area (TPSA) is 72.2 Å². The van der Waals surface area contributed by atoms with Crippen molar-refractivity contribution >= 4 is 21.2 Å². The van der Waals surface area contributed by atoms with Gasteiger partial charge in [-0.3, -0.25) is 0 Å². The van der Waals surface area contributed by atoms with Gasteiger partial charge in [-0.15, -0.1) is 0 Å². The number of nitrogen functional groups attached to an aromatic ring is 1. The number of benzene rings is 1. The maximum atomic E-state index is 10.9. The minimum absolute atomic E-state index is 0.135. The molecule has 1 aromatic carbocycles. The number of nitrogens with one attached hydrogen (secondary N) is 1. The highest BCUT2D eigenvalue weighted by Gasteiger charge is 2.01. The minimum atomic E-state index is -2.90. The molecule has 15 heavy (non-hydrogen) atoms. The van der Waals surface area contributed by atoms with Gasteiger partial charge in [0.25, 0.3) is 0 Å². The molecule has 1 rings (SSSR count). The van der Waals surface area contributed by atoms with E-state index in [-0.39, 0.29) is 5.75 Å². The molecular weight excluding hydrogens is 212 g/mol. The van der Waals surface area contributed by atoms with Gasteiger partial charge < -0.3 is 11.1 Å². The third-order valence-electron chi connectivity index (χ3n) is 2.07. The highest BCUT2D eigenvalue weighted by molar-refractivity contribution is 7.90. The van der Waals surface area contributed by atoms with Gasteiger partial charge in [0, 0.05) is 24.2 Å². The standard InChI is InChI=1S/C10H16N2O2S/c1-8-7-9(3-4-10(8)11)12-5-6-15(2,13)14/h3-4,7,12H,5-6,11H2,1-2H3. The average molecular weight is 228 g/mol. The van der Waals surface area contributed by atoms with Crippen LogP contribution in [0.3, 0.4) is 0 Å². The van der Waals surface area contributed by atoms with Crippen molar-refractivity contribution in [3.8, 4) is 0 Å². The molecule has 0 aliphatic rings. The molecule has 84 valence electrons. The summed E-state index contributed by atoms with van der Waals surface area (Å²) in [5, 5.41) is 3.03. The number of sulfone groups is 1. The van der Waals surface area contributed by atoms with Crippen LogP contribution in [0.1, 0.15) is 5.56 Å². The van der Waals surface area contributed by atoms with Crippen LogP contribution in [0.5, 0.6) is 0 Å². The van der Waals surface area contributed by atoms with Gasteiger partial charge in [-0.1, -0.05) is 0 Å². The molecule has 0 aromatic heterocycles. The highest BCUT2D eigenvalue weighted by atomic mass is 32.2. The molecule has 0 aliphatic heterocycles. The zero-order valence-corrected chi connectivity index (χ0v) is 9.76. The van der Waals surface area contributed by atoms with Gasteiger partial charge in [-0.25, -0.2) is 8.42 Å². The smallest absolute Gasteiger partial charge is 0.149 e. The number of anilines is 2. The first kappa shape index (κ1) is 11.8. The van der Waals surface area contributed by atoms with Crippen molar-refractivity contribution < 1.29 is 8.42 Å². The van der Waals surface area contributed by atoms with E-state index in [4.69, 9.17) is 5.73 Å². The van der Waals surface area contributed by atoms with Gasteiger partial charge >= 0.3 is 0 Å². The number of hydrogen-bond donors (Lipinski definition) is 2. The molecule has 0 aliphatic carbocycles. The Morgan fingerprint density at radius 3 is 2.60 bits per heavy atom. The number of rotatable bonds is 4. The van der Waals surface area contributed by atoms with E-state index < -0.39 is 9.84 Å². The average Bonchev–Trinajstić information content (AvgIpc) is 2.09. The zero-order chi connectivity index (χ0) is 11.5. The van der Waals surface area contributed by atoms with Crippen LogP contribution in [0, 0.1) is 6.92 Å². The summed E-state index contributed by atoms with van der Waals surface area (Å²) in [4.78, 5) is 0. The van der Waals surface area contributed by atoms with Crippen LogP contribution in [0.15, 0.2) is 18.2 Å². The Balaban J connectivity index is 2.55. The molecule has 5 heteroatoms. The summed E-state index contributed by atoms with van der Waals surface area (Å²) in [5.74, 6) is 0.135. The number of nitrogens with two attached hydrogens (primary N) is 1. The van der Waals surface area contributed by atoms with Crippen molar-refractivity contribution in [3.05, 3.63) is 23.8 Å². The molecule has 3 N–H and O–H groups in total. The van der Waals surface area contributed by atoms with Crippen LogP contribution in [0.2, 0.25) is 0 Å². The van der Waals surface area contributed by atoms with E-state index in [9.17, 15) is 8.42 Å². The largest absolute Gasteiger partial charge is 0.399 e. The van der Waals surface area contributed by atoms with Crippen LogP contribution >= 0.6 is 0 Å². The van der Waals surface area contributed by atoms with Gasteiger partial charge in [0.15, 0.2) is 0 Å². The first-order chi connectivity index (χ1) is 6.88. The summed E-state index contributed by atoms with van der Waals surface area (Å²) < 4.78 is 21.8. The van der Waals surface area contributed by atoms with Crippen molar-refractivity contribution in [1.29, 1.82) is 0 Å². The molecule has 0 saturated heterocycles. The predicted octanol–water partition coefficient (Wildman–Crippen LogP) is 1.03. The molecular formula is C10H16N2O2S. The van der Waals surface area contributed by atoms with Gasteiger partial charge in [-0.05, 0) is 30.7 Å². The highest BCUT2D eigenvalue weighted by Crippen LogP contribution is 2.16. The zero-order valence-electron chi connectivity index (χ0n) is 8.95. The Bertz CT molecular complexity index is 441. The molecule has 0 radical (unpaired) electrons. The second kappa shape index (κ2) is 4.53. The van der Waals surface area contributed by atoms with Gasteiger partial charge in [0.1, 0.15) is 9.84 Å². The Kier molecular flexibility index (Phi) is 3.57. The molecule has 0 unspecified atom stereocenters. The molecule has 4 nitrogen and oxygen atoms in total. The maximum absolute atomic E-state index is 10.9. The molecule has 0 spiro atoms. The van der Waals surface area contributed by atoms with Crippen LogP contribution < -0.4 is 11.1 Å². The minimum Gasteiger partial charge on any atom is -0.399 e. The lowest BCUT2D eigenvalue weighted by molar-refractivity contribution is 0.602. The fraction of sp³-hybridized carbons (Fsp3) is 0.400. The van der Waals surface area contributed by atoms with Crippen LogP contribution in [0.4, 0.5) is 11.4 Å². The first-order valence-corrected chi connectivity index (χ1v) is 6.72. The van der Waals surface area contributed by atoms with E-state index in [1.54, 1.807) is 6.07 Å². The maximum Gasteiger partial charge on any atom is 0.149 e. The molecule has 0 fully saturated rings. The van der Waals surface area contributed by atoms with Crippen LogP contribution in [-0.2, 0) is 9.84 Å². The number of hydrogen-bond acceptors (Lipinski definition) is 4. The predicted molar refractivity (Wildman–Crippen MR) is 63.8 cm³/mol. The lowest BCUT2D eigenvalue weighted by Crippen LogP contribution is -2.14. The Morgan fingerprint density at radius 1 is 1.40 bits per heavy atom. The van der Waals surface area contributed by atoms with Crippen molar-refractivity contribution in [3.63, 3.8) is 0 Å². The quantitative estimate of drug-likeness (QED) is 0.755. The summed E-state index contributed by atoms with van der Waals surface area (Å²) in [6.07, 6.45) is 1.23. The van der Waals surface area contributed by atoms with Crippen molar-refractivity contribution in [2.45, 2.75) is 6.92 Å². The monoisotopic (exact) mass is 228 g/mol. The lowest BCUT2D eigenvalue weighted by Gasteiger charge is -2.07. The van der Waals surface area contributed by atoms with E-state index in [2.05, 4.69) is 5.32 Å². The van der Waals surface area contributed by atoms with Gasteiger partial charge in [0.2, 0.25) is 0 Å². The van der Waals surface area contributed by atoms with E-state index in [1.807, 2.05) is 19.1 Å². The van der Waals surface area contributed by atoms with Gasteiger partial charge in [-0.2, -0.15) is 0 Å². The van der Waals surface area contributed by atoms with E-state index in [1.165, 1.54) is 6.26 Å². The second-order valence-electron chi connectivity index (χ2n) is 3.63. The Labute approximate surface area is 90.4 Å². The summed E-state index contributed by atoms with van der Waals surface area (Å²) in [7, 11) is -2.90. The summed E-state index contributed by atoms with van der Waals surface area (Å²) in [6.45, 7) is 2.33. The summed E-state index contributed by atoms with van der Waals surface area (Å²) in [6, 6.07) is 5.54. The van der Waals surface area contributed by atoms with E-state index >= 15 is 0 Å². The van der Waals surface area contributed by atoms with E-state index in [0.717, 1.165) is 16.9 Å². The molecule has 0 atom stereocenters. The molecule has 0 bridgehead atoms. The molecule has 0 amide bonds.